The van der Waals surface area contributed by atoms with Crippen molar-refractivity contribution in [1.82, 2.24) is 29.7 Å². The number of fused-ring (bicyclic) bond motifs is 1. The van der Waals surface area contributed by atoms with Crippen LogP contribution >= 0.6 is 0 Å². The summed E-state index contributed by atoms with van der Waals surface area (Å²) in [5.41, 5.74) is 1.42. The number of nitrogens with zero attached hydrogens (tertiary/aromatic N) is 8. The monoisotopic (exact) mass is 685 g/mol. The number of likely N-dealkylation sites (tertiary alicyclic amines) is 1. The fraction of sp³-hybridized carbons (Fsp3) is 0.486. The number of nitriles is 1. The van der Waals surface area contributed by atoms with Gasteiger partial charge in [0, 0.05) is 62.8 Å². The van der Waals surface area contributed by atoms with E-state index in [0.717, 1.165) is 12.1 Å². The Bertz CT molecular complexity index is 1800. The van der Waals surface area contributed by atoms with E-state index < -0.39 is 11.6 Å². The highest BCUT2D eigenvalue weighted by Crippen LogP contribution is 2.26. The van der Waals surface area contributed by atoms with Gasteiger partial charge in [0.1, 0.15) is 17.4 Å². The summed E-state index contributed by atoms with van der Waals surface area (Å²) in [5.74, 6) is 0.433. The third-order valence-electron chi connectivity index (χ3n) is 8.88. The zero-order chi connectivity index (χ0) is 36.0. The standard InChI is InChI=1S/C35H44N10O5/c1-24-11-14-44(30(47)10-13-36)22-25(24)21-41(5)31-28-12-15-45(32(28)39-23-38-31)33(48)37-20-29(46)40-26-6-8-27(9-7-26)42-16-18-43(19-17-42)34(49)50-35(2,3)4/h6-9,12,15,21,23-25H,10-11,14,16-20,22H2,1-5H3,(H-,37,40,46,48)/p+1/b41-21-/t24-,25?/m1/s1. The molecule has 4 amide bonds. The number of anilines is 2. The molecule has 0 spiro atoms. The van der Waals surface area contributed by atoms with Gasteiger partial charge in [-0.15, -0.1) is 0 Å². The van der Waals surface area contributed by atoms with Crippen molar-refractivity contribution in [2.75, 3.05) is 63.1 Å². The Morgan fingerprint density at radius 2 is 1.76 bits per heavy atom. The number of aromatic nitrogens is 3. The number of hydrogen-bond acceptors (Lipinski definition) is 9. The molecule has 2 aromatic heterocycles. The third kappa shape index (κ3) is 8.73. The number of amides is 4. The zero-order valence-corrected chi connectivity index (χ0v) is 29.3. The van der Waals surface area contributed by atoms with Crippen LogP contribution in [0, 0.1) is 23.2 Å². The van der Waals surface area contributed by atoms with Crippen LogP contribution in [0.4, 0.5) is 26.8 Å². The second-order valence-corrected chi connectivity index (χ2v) is 13.7. The molecular formula is C35H45N10O5+. The van der Waals surface area contributed by atoms with Crippen molar-refractivity contribution in [3.63, 3.8) is 0 Å². The van der Waals surface area contributed by atoms with Gasteiger partial charge >= 0.3 is 17.9 Å². The number of carbonyl (C=O) groups is 4. The summed E-state index contributed by atoms with van der Waals surface area (Å²) in [6.45, 7) is 11.0. The Balaban J connectivity index is 1.14. The van der Waals surface area contributed by atoms with Gasteiger partial charge in [-0.25, -0.2) is 14.2 Å². The molecule has 0 radical (unpaired) electrons. The molecule has 2 aliphatic heterocycles. The van der Waals surface area contributed by atoms with Gasteiger partial charge in [0.2, 0.25) is 18.1 Å². The third-order valence-corrected chi connectivity index (χ3v) is 8.88. The molecule has 50 heavy (non-hydrogen) atoms. The molecule has 0 aliphatic carbocycles. The van der Waals surface area contributed by atoms with E-state index in [4.69, 9.17) is 10.00 Å². The Labute approximate surface area is 291 Å². The molecule has 1 unspecified atom stereocenters. The van der Waals surface area contributed by atoms with Crippen molar-refractivity contribution < 1.29 is 28.5 Å². The Morgan fingerprint density at radius 1 is 1.04 bits per heavy atom. The first-order valence-electron chi connectivity index (χ1n) is 16.8. The molecule has 4 heterocycles. The lowest BCUT2D eigenvalue weighted by Crippen LogP contribution is -2.50. The van der Waals surface area contributed by atoms with Gasteiger partial charge in [-0.2, -0.15) is 10.2 Å². The van der Waals surface area contributed by atoms with Crippen molar-refractivity contribution in [2.45, 2.75) is 46.1 Å². The molecule has 2 aliphatic rings. The first-order valence-corrected chi connectivity index (χ1v) is 16.8. The fourth-order valence-electron chi connectivity index (χ4n) is 6.12. The van der Waals surface area contributed by atoms with E-state index in [1.807, 2.05) is 56.8 Å². The normalized spacial score (nSPS) is 18.4. The van der Waals surface area contributed by atoms with Crippen molar-refractivity contribution >= 4 is 58.4 Å². The van der Waals surface area contributed by atoms with Gasteiger partial charge in [-0.3, -0.25) is 14.2 Å². The van der Waals surface area contributed by atoms with Gasteiger partial charge in [0.25, 0.3) is 0 Å². The molecule has 2 saturated heterocycles. The minimum absolute atomic E-state index is 0.0584. The SMILES string of the molecule is C[C@@H]1CCN(C(=O)CC#N)CC1/C=[N+](/C)c1ncnc2c1ccn2C(=O)NCC(=O)Nc1ccc(N2CCN(C(=O)OC(C)(C)C)CC2)cc1. The van der Waals surface area contributed by atoms with E-state index in [2.05, 4.69) is 32.4 Å². The van der Waals surface area contributed by atoms with Crippen LogP contribution < -0.4 is 15.5 Å². The number of piperidine rings is 1. The lowest BCUT2D eigenvalue weighted by molar-refractivity contribution is -0.405. The zero-order valence-electron chi connectivity index (χ0n) is 29.3. The summed E-state index contributed by atoms with van der Waals surface area (Å²) in [6.07, 6.45) is 5.39. The molecule has 15 heteroatoms. The Kier molecular flexibility index (Phi) is 11.0. The summed E-state index contributed by atoms with van der Waals surface area (Å²) in [7, 11) is 1.87. The van der Waals surface area contributed by atoms with Crippen LogP contribution in [-0.2, 0) is 14.3 Å². The molecule has 5 rings (SSSR count). The van der Waals surface area contributed by atoms with Crippen molar-refractivity contribution in [2.24, 2.45) is 11.8 Å². The van der Waals surface area contributed by atoms with Crippen LogP contribution in [0.1, 0.15) is 40.5 Å². The fourth-order valence-corrected chi connectivity index (χ4v) is 6.12. The van der Waals surface area contributed by atoms with Gasteiger partial charge in [-0.05, 0) is 68.4 Å². The van der Waals surface area contributed by atoms with Gasteiger partial charge in [0.05, 0.1) is 25.9 Å². The molecule has 2 N–H and O–H groups in total. The summed E-state index contributed by atoms with van der Waals surface area (Å²) >= 11 is 0. The van der Waals surface area contributed by atoms with Crippen molar-refractivity contribution in [1.29, 1.82) is 5.26 Å². The Morgan fingerprint density at radius 3 is 2.44 bits per heavy atom. The molecule has 0 bridgehead atoms. The molecule has 264 valence electrons. The minimum Gasteiger partial charge on any atom is -0.444 e. The van der Waals surface area contributed by atoms with E-state index in [9.17, 15) is 19.2 Å². The first-order chi connectivity index (χ1) is 23.8. The molecule has 1 aromatic carbocycles. The summed E-state index contributed by atoms with van der Waals surface area (Å²) in [4.78, 5) is 64.9. The summed E-state index contributed by atoms with van der Waals surface area (Å²) in [5, 5.41) is 15.0. The van der Waals surface area contributed by atoms with Crippen LogP contribution in [0.2, 0.25) is 0 Å². The van der Waals surface area contributed by atoms with E-state index >= 15 is 0 Å². The lowest BCUT2D eigenvalue weighted by Gasteiger charge is -2.36. The maximum Gasteiger partial charge on any atom is 0.410 e. The highest BCUT2D eigenvalue weighted by Gasteiger charge is 2.30. The van der Waals surface area contributed by atoms with Crippen LogP contribution in [-0.4, -0.2) is 118 Å². The predicted molar refractivity (Wildman–Crippen MR) is 187 cm³/mol. The molecule has 2 fully saturated rings. The maximum atomic E-state index is 13.1. The van der Waals surface area contributed by atoms with Crippen molar-refractivity contribution in [3.8, 4) is 6.07 Å². The number of benzene rings is 1. The van der Waals surface area contributed by atoms with Crippen LogP contribution in [0.3, 0.4) is 0 Å². The molecule has 2 atom stereocenters. The molecular weight excluding hydrogens is 640 g/mol. The van der Waals surface area contributed by atoms with Crippen LogP contribution in [0.25, 0.3) is 11.0 Å². The molecule has 15 nitrogen and oxygen atoms in total. The largest absolute Gasteiger partial charge is 0.444 e. The number of piperazine rings is 1. The average Bonchev–Trinajstić information content (AvgIpc) is 3.52. The summed E-state index contributed by atoms with van der Waals surface area (Å²) < 4.78 is 8.70. The molecule has 3 aromatic rings. The smallest absolute Gasteiger partial charge is 0.410 e. The number of hydrogen-bond donors (Lipinski definition) is 2. The van der Waals surface area contributed by atoms with Gasteiger partial charge in [0.15, 0.2) is 5.65 Å². The number of nitrogens with one attached hydrogen (secondary N) is 2. The van der Waals surface area contributed by atoms with E-state index in [0.29, 0.717) is 67.7 Å². The van der Waals surface area contributed by atoms with Crippen molar-refractivity contribution in [3.05, 3.63) is 42.9 Å². The number of carbonyl (C=O) groups excluding carboxylic acids is 4. The van der Waals surface area contributed by atoms with Crippen LogP contribution in [0.15, 0.2) is 42.9 Å². The van der Waals surface area contributed by atoms with Gasteiger partial charge < -0.3 is 30.1 Å². The van der Waals surface area contributed by atoms with E-state index in [1.165, 1.54) is 10.9 Å². The van der Waals surface area contributed by atoms with Crippen LogP contribution in [0.5, 0.6) is 0 Å². The maximum absolute atomic E-state index is 13.1. The second-order valence-electron chi connectivity index (χ2n) is 13.7. The predicted octanol–water partition coefficient (Wildman–Crippen LogP) is 3.43. The quantitative estimate of drug-likeness (QED) is 0.280. The number of rotatable bonds is 7. The highest BCUT2D eigenvalue weighted by molar-refractivity contribution is 5.97. The Hall–Kier alpha value is -5.52. The van der Waals surface area contributed by atoms with Gasteiger partial charge in [-0.1, -0.05) is 6.92 Å². The first kappa shape index (κ1) is 35.8. The summed E-state index contributed by atoms with van der Waals surface area (Å²) in [6, 6.07) is 10.6. The average molecular weight is 686 g/mol. The lowest BCUT2D eigenvalue weighted by atomic mass is 9.87. The second kappa shape index (κ2) is 15.4. The molecule has 0 saturated carbocycles. The van der Waals surface area contributed by atoms with E-state index in [1.54, 1.807) is 34.2 Å². The highest BCUT2D eigenvalue weighted by atomic mass is 16.6. The number of ether oxygens (including phenoxy) is 1. The van der Waals surface area contributed by atoms with E-state index in [-0.39, 0.29) is 36.8 Å². The minimum atomic E-state index is -0.535. The topological polar surface area (TPSA) is 169 Å².